The summed E-state index contributed by atoms with van der Waals surface area (Å²) in [4.78, 5) is 13.2. The zero-order chi connectivity index (χ0) is 24.4. The summed E-state index contributed by atoms with van der Waals surface area (Å²) in [6.07, 6.45) is 1.12. The van der Waals surface area contributed by atoms with Crippen molar-refractivity contribution in [3.8, 4) is 5.75 Å². The molecule has 2 rings (SSSR count). The SMILES string of the molecule is COc1cc(C)c([C@@H](C)NC(=O)[C@@H](C)N(c2ccc(C)c(C)c2)S(C)(=O)=O)cc1C(C)C. The van der Waals surface area contributed by atoms with Crippen LogP contribution in [0.2, 0.25) is 0 Å². The Bertz CT molecular complexity index is 1090. The van der Waals surface area contributed by atoms with Gasteiger partial charge in [-0.25, -0.2) is 8.42 Å². The number of carbonyl (C=O) groups excluding carboxylic acids is 1. The lowest BCUT2D eigenvalue weighted by Crippen LogP contribution is -2.48. The van der Waals surface area contributed by atoms with E-state index in [1.807, 2.05) is 39.8 Å². The molecule has 2 atom stereocenters. The van der Waals surface area contributed by atoms with Gasteiger partial charge in [-0.15, -0.1) is 0 Å². The molecule has 0 aliphatic heterocycles. The maximum Gasteiger partial charge on any atom is 0.244 e. The molecule has 32 heavy (non-hydrogen) atoms. The van der Waals surface area contributed by atoms with Crippen LogP contribution in [0.5, 0.6) is 5.75 Å². The Morgan fingerprint density at radius 2 is 1.56 bits per heavy atom. The van der Waals surface area contributed by atoms with Gasteiger partial charge in [0, 0.05) is 0 Å². The highest BCUT2D eigenvalue weighted by molar-refractivity contribution is 7.92. The molecule has 1 N–H and O–H groups in total. The number of sulfonamides is 1. The van der Waals surface area contributed by atoms with Gasteiger partial charge < -0.3 is 10.1 Å². The van der Waals surface area contributed by atoms with E-state index < -0.39 is 16.1 Å². The predicted octanol–water partition coefficient (Wildman–Crippen LogP) is 4.78. The van der Waals surface area contributed by atoms with E-state index in [0.29, 0.717) is 5.69 Å². The molecule has 2 aromatic rings. The summed E-state index contributed by atoms with van der Waals surface area (Å²) in [6, 6.07) is 8.24. The van der Waals surface area contributed by atoms with Gasteiger partial charge in [-0.3, -0.25) is 9.10 Å². The largest absolute Gasteiger partial charge is 0.496 e. The molecular formula is C25H36N2O4S. The molecule has 6 nitrogen and oxygen atoms in total. The van der Waals surface area contributed by atoms with Crippen LogP contribution in [0.25, 0.3) is 0 Å². The van der Waals surface area contributed by atoms with Gasteiger partial charge in [0.05, 0.1) is 25.1 Å². The number of aryl methyl sites for hydroxylation is 3. The van der Waals surface area contributed by atoms with Crippen molar-refractivity contribution < 1.29 is 17.9 Å². The van der Waals surface area contributed by atoms with E-state index in [2.05, 4.69) is 25.2 Å². The van der Waals surface area contributed by atoms with Gasteiger partial charge in [-0.2, -0.15) is 0 Å². The van der Waals surface area contributed by atoms with Crippen molar-refractivity contribution >= 4 is 21.6 Å². The molecule has 7 heteroatoms. The first-order valence-corrected chi connectivity index (χ1v) is 12.7. The molecule has 1 amide bonds. The summed E-state index contributed by atoms with van der Waals surface area (Å²) in [5, 5.41) is 3.00. The van der Waals surface area contributed by atoms with E-state index in [4.69, 9.17) is 4.74 Å². The quantitative estimate of drug-likeness (QED) is 0.615. The van der Waals surface area contributed by atoms with E-state index in [0.717, 1.165) is 39.8 Å². The van der Waals surface area contributed by atoms with Gasteiger partial charge in [0.25, 0.3) is 0 Å². The van der Waals surface area contributed by atoms with Crippen LogP contribution in [0.1, 0.15) is 67.5 Å². The van der Waals surface area contributed by atoms with Crippen molar-refractivity contribution in [3.63, 3.8) is 0 Å². The van der Waals surface area contributed by atoms with E-state index in [1.165, 1.54) is 4.31 Å². The van der Waals surface area contributed by atoms with Crippen LogP contribution in [0.3, 0.4) is 0 Å². The van der Waals surface area contributed by atoms with Gasteiger partial charge in [0.1, 0.15) is 11.8 Å². The van der Waals surface area contributed by atoms with Gasteiger partial charge in [-0.05, 0) is 92.6 Å². The number of anilines is 1. The first-order chi connectivity index (χ1) is 14.8. The molecule has 2 aromatic carbocycles. The number of hydrogen-bond donors (Lipinski definition) is 1. The topological polar surface area (TPSA) is 75.7 Å². The minimum Gasteiger partial charge on any atom is -0.496 e. The number of carbonyl (C=O) groups is 1. The maximum atomic E-state index is 13.2. The minimum absolute atomic E-state index is 0.261. The summed E-state index contributed by atoms with van der Waals surface area (Å²) in [7, 11) is -2.02. The molecule has 0 saturated heterocycles. The Morgan fingerprint density at radius 3 is 2.06 bits per heavy atom. The summed E-state index contributed by atoms with van der Waals surface area (Å²) >= 11 is 0. The van der Waals surface area contributed by atoms with Crippen molar-refractivity contribution in [3.05, 3.63) is 58.1 Å². The highest BCUT2D eigenvalue weighted by atomic mass is 32.2. The number of methoxy groups -OCH3 is 1. The fourth-order valence-corrected chi connectivity index (χ4v) is 5.06. The number of hydrogen-bond acceptors (Lipinski definition) is 4. The summed E-state index contributed by atoms with van der Waals surface area (Å²) in [5.41, 5.74) is 5.55. The normalized spacial score (nSPS) is 13.6. The van der Waals surface area contributed by atoms with Crippen LogP contribution in [0.4, 0.5) is 5.69 Å². The standard InChI is InChI=1S/C25H36N2O4S/c1-15(2)22-14-23(18(5)13-24(22)31-8)19(6)26-25(28)20(7)27(32(9,29)30)21-11-10-16(3)17(4)12-21/h10-15,19-20H,1-9H3,(H,26,28)/t19-,20-/m1/s1. The lowest BCUT2D eigenvalue weighted by molar-refractivity contribution is -0.122. The second kappa shape index (κ2) is 9.94. The number of nitrogens with zero attached hydrogens (tertiary/aromatic N) is 1. The third-order valence-electron chi connectivity index (χ3n) is 5.90. The maximum absolute atomic E-state index is 13.2. The molecule has 0 radical (unpaired) electrons. The molecule has 0 aliphatic rings. The summed E-state index contributed by atoms with van der Waals surface area (Å²) in [6.45, 7) is 13.6. The van der Waals surface area contributed by atoms with Crippen LogP contribution in [-0.4, -0.2) is 33.7 Å². The Morgan fingerprint density at radius 1 is 0.938 bits per heavy atom. The Hall–Kier alpha value is -2.54. The highest BCUT2D eigenvalue weighted by Gasteiger charge is 2.30. The van der Waals surface area contributed by atoms with Crippen molar-refractivity contribution in [2.45, 2.75) is 66.5 Å². The fourth-order valence-electron chi connectivity index (χ4n) is 3.89. The van der Waals surface area contributed by atoms with Crippen molar-refractivity contribution in [1.29, 1.82) is 0 Å². The third-order valence-corrected chi connectivity index (χ3v) is 7.14. The average molecular weight is 461 g/mol. The minimum atomic E-state index is -3.67. The molecule has 0 aliphatic carbocycles. The third kappa shape index (κ3) is 5.63. The van der Waals surface area contributed by atoms with E-state index in [-0.39, 0.29) is 17.9 Å². The van der Waals surface area contributed by atoms with E-state index in [1.54, 1.807) is 26.2 Å². The zero-order valence-electron chi connectivity index (χ0n) is 20.6. The lowest BCUT2D eigenvalue weighted by Gasteiger charge is -2.30. The molecular weight excluding hydrogens is 424 g/mol. The number of benzene rings is 2. The van der Waals surface area contributed by atoms with Gasteiger partial charge in [0.15, 0.2) is 0 Å². The lowest BCUT2D eigenvalue weighted by atomic mass is 9.93. The molecule has 0 saturated carbocycles. The second-order valence-corrected chi connectivity index (χ2v) is 10.7. The molecule has 0 fully saturated rings. The first kappa shape index (κ1) is 25.7. The Kier molecular flexibility index (Phi) is 7.99. The summed E-state index contributed by atoms with van der Waals surface area (Å²) in [5.74, 6) is 0.727. The van der Waals surface area contributed by atoms with E-state index >= 15 is 0 Å². The average Bonchev–Trinajstić information content (AvgIpc) is 2.68. The summed E-state index contributed by atoms with van der Waals surface area (Å²) < 4.78 is 31.9. The van der Waals surface area contributed by atoms with Gasteiger partial charge in [-0.1, -0.05) is 19.9 Å². The fraction of sp³-hybridized carbons (Fsp3) is 0.480. The van der Waals surface area contributed by atoms with Crippen molar-refractivity contribution in [2.24, 2.45) is 0 Å². The van der Waals surface area contributed by atoms with Crippen LogP contribution in [-0.2, 0) is 14.8 Å². The number of rotatable bonds is 8. The smallest absolute Gasteiger partial charge is 0.244 e. The van der Waals surface area contributed by atoms with Crippen LogP contribution < -0.4 is 14.4 Å². The van der Waals surface area contributed by atoms with Crippen LogP contribution >= 0.6 is 0 Å². The molecule has 0 aromatic heterocycles. The van der Waals surface area contributed by atoms with Crippen LogP contribution in [0.15, 0.2) is 30.3 Å². The number of ether oxygens (including phenoxy) is 1. The van der Waals surface area contributed by atoms with Crippen LogP contribution in [0, 0.1) is 20.8 Å². The predicted molar refractivity (Wildman–Crippen MR) is 131 cm³/mol. The second-order valence-electron chi connectivity index (χ2n) is 8.84. The van der Waals surface area contributed by atoms with Crippen molar-refractivity contribution in [1.82, 2.24) is 5.32 Å². The Labute approximate surface area is 193 Å². The highest BCUT2D eigenvalue weighted by Crippen LogP contribution is 2.32. The Balaban J connectivity index is 2.35. The van der Waals surface area contributed by atoms with Gasteiger partial charge in [0.2, 0.25) is 15.9 Å². The molecule has 176 valence electrons. The number of nitrogens with one attached hydrogen (secondary N) is 1. The van der Waals surface area contributed by atoms with Crippen molar-refractivity contribution in [2.75, 3.05) is 17.7 Å². The monoisotopic (exact) mass is 460 g/mol. The first-order valence-electron chi connectivity index (χ1n) is 10.8. The molecule has 0 heterocycles. The zero-order valence-corrected chi connectivity index (χ0v) is 21.4. The molecule has 0 bridgehead atoms. The van der Waals surface area contributed by atoms with E-state index in [9.17, 15) is 13.2 Å². The molecule has 0 spiro atoms. The van der Waals surface area contributed by atoms with Gasteiger partial charge >= 0.3 is 0 Å². The number of amides is 1. The molecule has 0 unspecified atom stereocenters.